The van der Waals surface area contributed by atoms with Crippen LogP contribution in [0.5, 0.6) is 0 Å². The summed E-state index contributed by atoms with van der Waals surface area (Å²) in [4.78, 5) is 23.1. The van der Waals surface area contributed by atoms with Crippen molar-refractivity contribution in [2.75, 3.05) is 0 Å². The number of allylic oxidation sites excluding steroid dienone is 4. The molecule has 0 aromatic carbocycles. The minimum absolute atomic E-state index is 0.161. The molecule has 2 aromatic rings. The number of ketones is 2. The summed E-state index contributed by atoms with van der Waals surface area (Å²) in [7, 11) is 0. The van der Waals surface area contributed by atoms with E-state index in [-0.39, 0.29) is 11.6 Å². The summed E-state index contributed by atoms with van der Waals surface area (Å²) in [6, 6.07) is 6.58. The van der Waals surface area contributed by atoms with Gasteiger partial charge in [-0.3, -0.25) is 9.59 Å². The largest absolute Gasteiger partial charge is 0.461 e. The highest BCUT2D eigenvalue weighted by molar-refractivity contribution is 6.02. The van der Waals surface area contributed by atoms with E-state index in [1.807, 2.05) is 0 Å². The fourth-order valence-corrected chi connectivity index (χ4v) is 1.57. The topological polar surface area (TPSA) is 60.4 Å². The van der Waals surface area contributed by atoms with E-state index < -0.39 is 0 Å². The van der Waals surface area contributed by atoms with Crippen LogP contribution in [-0.2, 0) is 0 Å². The van der Waals surface area contributed by atoms with Gasteiger partial charge in [0.2, 0.25) is 11.6 Å². The van der Waals surface area contributed by atoms with Crippen LogP contribution in [0.3, 0.4) is 0 Å². The van der Waals surface area contributed by atoms with Gasteiger partial charge in [0, 0.05) is 0 Å². The monoisotopic (exact) mass is 270 g/mol. The third kappa shape index (κ3) is 3.95. The molecule has 2 rings (SSSR count). The molecule has 0 aliphatic rings. The lowest BCUT2D eigenvalue weighted by Gasteiger charge is -1.89. The van der Waals surface area contributed by atoms with Gasteiger partial charge in [-0.1, -0.05) is 12.2 Å². The number of rotatable bonds is 7. The van der Waals surface area contributed by atoms with E-state index in [0.717, 1.165) is 0 Å². The first-order chi connectivity index (χ1) is 9.77. The first-order valence-electron chi connectivity index (χ1n) is 6.26. The zero-order valence-corrected chi connectivity index (χ0v) is 10.8. The predicted octanol–water partition coefficient (Wildman–Crippen LogP) is 3.83. The fraction of sp³-hybridized carbons (Fsp3) is 0.125. The summed E-state index contributed by atoms with van der Waals surface area (Å²) in [6.45, 7) is 0. The Balaban J connectivity index is 1.71. The van der Waals surface area contributed by atoms with Crippen LogP contribution in [0.25, 0.3) is 0 Å². The molecule has 0 atom stereocenters. The van der Waals surface area contributed by atoms with Crippen LogP contribution in [0.15, 0.2) is 69.9 Å². The maximum Gasteiger partial charge on any atom is 0.220 e. The van der Waals surface area contributed by atoms with Crippen LogP contribution in [-0.4, -0.2) is 11.6 Å². The van der Waals surface area contributed by atoms with Gasteiger partial charge in [0.1, 0.15) is 0 Å². The first kappa shape index (κ1) is 13.8. The summed E-state index contributed by atoms with van der Waals surface area (Å²) in [6.07, 6.45) is 10.7. The molecule has 0 amide bonds. The number of hydrogen-bond donors (Lipinski definition) is 0. The second kappa shape index (κ2) is 7.09. The van der Waals surface area contributed by atoms with Crippen LogP contribution in [0.1, 0.15) is 34.0 Å². The third-order valence-corrected chi connectivity index (χ3v) is 2.57. The number of hydrogen-bond acceptors (Lipinski definition) is 4. The highest BCUT2D eigenvalue weighted by atomic mass is 16.3. The molecule has 4 heteroatoms. The van der Waals surface area contributed by atoms with E-state index in [0.29, 0.717) is 24.4 Å². The molecule has 0 bridgehead atoms. The van der Waals surface area contributed by atoms with Crippen LogP contribution in [0, 0.1) is 0 Å². The van der Waals surface area contributed by atoms with Crippen molar-refractivity contribution in [3.63, 3.8) is 0 Å². The molecule has 2 heterocycles. The Morgan fingerprint density at radius 3 is 1.65 bits per heavy atom. The molecule has 0 saturated heterocycles. The van der Waals surface area contributed by atoms with Crippen molar-refractivity contribution in [1.82, 2.24) is 0 Å². The van der Waals surface area contributed by atoms with Gasteiger partial charge in [0.05, 0.1) is 12.5 Å². The minimum atomic E-state index is -0.161. The Bertz CT molecular complexity index is 545. The van der Waals surface area contributed by atoms with Crippen LogP contribution >= 0.6 is 0 Å². The zero-order chi connectivity index (χ0) is 14.2. The van der Waals surface area contributed by atoms with Gasteiger partial charge in [-0.05, 0) is 49.3 Å². The van der Waals surface area contributed by atoms with Gasteiger partial charge in [0.25, 0.3) is 0 Å². The fourth-order valence-electron chi connectivity index (χ4n) is 1.57. The van der Waals surface area contributed by atoms with Gasteiger partial charge in [0.15, 0.2) is 11.5 Å². The molecular weight excluding hydrogens is 256 g/mol. The Kier molecular flexibility index (Phi) is 4.89. The van der Waals surface area contributed by atoms with Crippen molar-refractivity contribution in [2.24, 2.45) is 0 Å². The average molecular weight is 270 g/mol. The Morgan fingerprint density at radius 1 is 0.850 bits per heavy atom. The van der Waals surface area contributed by atoms with Crippen molar-refractivity contribution < 1.29 is 18.4 Å². The SMILES string of the molecule is O=C(/C=C/CC/C=C/C(=O)c1ccco1)c1ccco1. The molecule has 4 nitrogen and oxygen atoms in total. The standard InChI is InChI=1S/C16H14O4/c17-13(15-9-5-11-19-15)7-3-1-2-4-8-14(18)16-10-6-12-20-16/h3-12H,1-2H2/b7-3+,8-4+. The summed E-state index contributed by atoms with van der Waals surface area (Å²) < 4.78 is 9.95. The van der Waals surface area contributed by atoms with E-state index in [9.17, 15) is 9.59 Å². The second-order valence-corrected chi connectivity index (χ2v) is 4.07. The molecule has 0 radical (unpaired) electrons. The van der Waals surface area contributed by atoms with Gasteiger partial charge in [-0.15, -0.1) is 0 Å². The molecule has 0 fully saturated rings. The average Bonchev–Trinajstić information content (AvgIpc) is 3.14. The van der Waals surface area contributed by atoms with E-state index >= 15 is 0 Å². The molecule has 0 spiro atoms. The molecule has 0 aliphatic carbocycles. The van der Waals surface area contributed by atoms with E-state index in [1.54, 1.807) is 36.4 Å². The van der Waals surface area contributed by atoms with Gasteiger partial charge >= 0.3 is 0 Å². The highest BCUT2D eigenvalue weighted by Gasteiger charge is 2.03. The van der Waals surface area contributed by atoms with Crippen LogP contribution in [0.2, 0.25) is 0 Å². The van der Waals surface area contributed by atoms with Crippen LogP contribution in [0.4, 0.5) is 0 Å². The lowest BCUT2D eigenvalue weighted by molar-refractivity contribution is 0.101. The number of furan rings is 2. The maximum atomic E-state index is 11.5. The summed E-state index contributed by atoms with van der Waals surface area (Å²) >= 11 is 0. The zero-order valence-electron chi connectivity index (χ0n) is 10.8. The van der Waals surface area contributed by atoms with Crippen molar-refractivity contribution in [3.05, 3.63) is 72.6 Å². The van der Waals surface area contributed by atoms with E-state index in [2.05, 4.69) is 0 Å². The molecule has 0 N–H and O–H groups in total. The Labute approximate surface area is 116 Å². The van der Waals surface area contributed by atoms with Gasteiger partial charge in [-0.25, -0.2) is 0 Å². The van der Waals surface area contributed by atoms with Crippen molar-refractivity contribution in [1.29, 1.82) is 0 Å². The number of carbonyl (C=O) groups excluding carboxylic acids is 2. The van der Waals surface area contributed by atoms with E-state index in [1.165, 1.54) is 24.7 Å². The van der Waals surface area contributed by atoms with E-state index in [4.69, 9.17) is 8.83 Å². The van der Waals surface area contributed by atoms with Crippen molar-refractivity contribution in [2.45, 2.75) is 12.8 Å². The van der Waals surface area contributed by atoms with Gasteiger partial charge in [-0.2, -0.15) is 0 Å². The normalized spacial score (nSPS) is 11.4. The first-order valence-corrected chi connectivity index (χ1v) is 6.26. The molecular formula is C16H14O4. The third-order valence-electron chi connectivity index (χ3n) is 2.57. The smallest absolute Gasteiger partial charge is 0.220 e. The molecule has 0 saturated carbocycles. The summed E-state index contributed by atoms with van der Waals surface area (Å²) in [5.74, 6) is 0.325. The Hall–Kier alpha value is -2.62. The lowest BCUT2D eigenvalue weighted by Crippen LogP contribution is -1.91. The quantitative estimate of drug-likeness (QED) is 0.436. The highest BCUT2D eigenvalue weighted by Crippen LogP contribution is 2.05. The summed E-state index contributed by atoms with van der Waals surface area (Å²) in [5.41, 5.74) is 0. The second-order valence-electron chi connectivity index (χ2n) is 4.07. The predicted molar refractivity (Wildman–Crippen MR) is 73.6 cm³/mol. The van der Waals surface area contributed by atoms with Crippen LogP contribution < -0.4 is 0 Å². The maximum absolute atomic E-state index is 11.5. The minimum Gasteiger partial charge on any atom is -0.461 e. The molecule has 0 aliphatic heterocycles. The molecule has 0 unspecified atom stereocenters. The molecule has 2 aromatic heterocycles. The number of unbranched alkanes of at least 4 members (excludes halogenated alkanes) is 1. The number of carbonyl (C=O) groups is 2. The van der Waals surface area contributed by atoms with Crippen molar-refractivity contribution >= 4 is 11.6 Å². The Morgan fingerprint density at radius 2 is 1.30 bits per heavy atom. The van der Waals surface area contributed by atoms with Gasteiger partial charge < -0.3 is 8.83 Å². The molecule has 102 valence electrons. The van der Waals surface area contributed by atoms with Crippen molar-refractivity contribution in [3.8, 4) is 0 Å². The molecule has 20 heavy (non-hydrogen) atoms. The lowest BCUT2D eigenvalue weighted by atomic mass is 10.2. The summed E-state index contributed by atoms with van der Waals surface area (Å²) in [5, 5.41) is 0.